The molecule has 0 rings (SSSR count). The van der Waals surface area contributed by atoms with Gasteiger partial charge >= 0.3 is 7.82 Å². The molecule has 0 heterocycles. The normalized spacial score (nSPS) is 13.7. The fraction of sp³-hybridized carbons (Fsp3) is 0.909. The number of phosphoric ester groups is 1. The Morgan fingerprint density at radius 3 is 0.930 bits per heavy atom. The smallest absolute Gasteiger partial charge is 0.387 e. The molecule has 0 aliphatic carbocycles. The fourth-order valence-electron chi connectivity index (χ4n) is 11.9. The van der Waals surface area contributed by atoms with Gasteiger partial charge in [-0.1, -0.05) is 384 Å². The molecule has 0 aromatic carbocycles. The molecule has 0 saturated carbocycles. The average Bonchev–Trinajstić information content (AvgIpc) is 3.70. The second-order valence-electron chi connectivity index (χ2n) is 27.7. The maximum Gasteiger partial charge on any atom is 0.472 e. The minimum Gasteiger partial charge on any atom is -0.387 e. The number of rotatable bonds is 72. The summed E-state index contributed by atoms with van der Waals surface area (Å²) < 4.78 is 23.8. The van der Waals surface area contributed by atoms with Crippen LogP contribution < -0.4 is 5.32 Å². The van der Waals surface area contributed by atoms with E-state index in [2.05, 4.69) is 43.5 Å². The standard InChI is InChI=1S/C77H151N2O6P/c1-6-8-10-12-14-16-18-20-22-24-26-28-30-31-32-33-34-35-36-37-38-39-40-41-42-43-44-45-46-47-49-51-53-55-57-59-61-63-65-67-69-71-77(81)78-75(74-85-86(82,83)84-73-72-79(3,4)5)76(80)70-68-66-64-62-60-58-56-54-52-50-48-29-27-25-23-21-19-17-15-13-11-9-7-2/h52,54,60,62,68,70,75-76,80H,6-51,53,55-59,61,63-67,69,71-74H2,1-5H3,(H-,78,81,82,83)/p+1/b54-52+,62-60+,70-68+. The van der Waals surface area contributed by atoms with Crippen LogP contribution in [0.1, 0.15) is 399 Å². The zero-order valence-electron chi connectivity index (χ0n) is 58.6. The van der Waals surface area contributed by atoms with E-state index in [9.17, 15) is 19.4 Å². The third-order valence-corrected chi connectivity index (χ3v) is 18.8. The van der Waals surface area contributed by atoms with Gasteiger partial charge in [0.15, 0.2) is 0 Å². The minimum atomic E-state index is -4.36. The molecule has 0 aliphatic rings. The van der Waals surface area contributed by atoms with Gasteiger partial charge in [0.05, 0.1) is 39.9 Å². The molecule has 0 radical (unpaired) electrons. The lowest BCUT2D eigenvalue weighted by atomic mass is 10.0. The Hall–Kier alpha value is -1.28. The lowest BCUT2D eigenvalue weighted by Crippen LogP contribution is -2.45. The quantitative estimate of drug-likeness (QED) is 0.0243. The van der Waals surface area contributed by atoms with Crippen LogP contribution in [0.5, 0.6) is 0 Å². The van der Waals surface area contributed by atoms with E-state index in [-0.39, 0.29) is 19.1 Å². The molecule has 9 heteroatoms. The Kier molecular flexibility index (Phi) is 67.1. The van der Waals surface area contributed by atoms with Crippen LogP contribution in [0.3, 0.4) is 0 Å². The second kappa shape index (κ2) is 68.1. The molecular weight excluding hydrogens is 1080 g/mol. The third-order valence-electron chi connectivity index (χ3n) is 17.8. The Balaban J connectivity index is 3.92. The van der Waals surface area contributed by atoms with E-state index in [1.807, 2.05) is 27.2 Å². The predicted molar refractivity (Wildman–Crippen MR) is 378 cm³/mol. The summed E-state index contributed by atoms with van der Waals surface area (Å²) in [5.74, 6) is -0.183. The van der Waals surface area contributed by atoms with Crippen molar-refractivity contribution in [2.24, 2.45) is 0 Å². The maximum atomic E-state index is 13.1. The van der Waals surface area contributed by atoms with Gasteiger partial charge in [0.2, 0.25) is 5.91 Å². The first kappa shape index (κ1) is 84.7. The molecule has 8 nitrogen and oxygen atoms in total. The van der Waals surface area contributed by atoms with Crippen molar-refractivity contribution in [1.29, 1.82) is 0 Å². The van der Waals surface area contributed by atoms with Gasteiger partial charge in [-0.05, 0) is 44.9 Å². The molecular formula is C77H152N2O6P+. The van der Waals surface area contributed by atoms with Crippen LogP contribution in [0.4, 0.5) is 0 Å². The molecule has 0 aromatic rings. The number of unbranched alkanes of at least 4 members (excludes halogenated alkanes) is 55. The van der Waals surface area contributed by atoms with E-state index < -0.39 is 20.0 Å². The van der Waals surface area contributed by atoms with E-state index in [0.29, 0.717) is 17.4 Å². The molecule has 0 saturated heterocycles. The number of likely N-dealkylation sites (N-methyl/N-ethyl adjacent to an activating group) is 1. The zero-order valence-corrected chi connectivity index (χ0v) is 59.5. The van der Waals surface area contributed by atoms with Crippen molar-refractivity contribution in [3.8, 4) is 0 Å². The number of nitrogens with zero attached hydrogens (tertiary/aromatic N) is 1. The molecule has 0 fully saturated rings. The van der Waals surface area contributed by atoms with Crippen molar-refractivity contribution in [3.05, 3.63) is 36.5 Å². The number of hydrogen-bond acceptors (Lipinski definition) is 5. The maximum absolute atomic E-state index is 13.1. The van der Waals surface area contributed by atoms with Gasteiger partial charge in [-0.2, -0.15) is 0 Å². The molecule has 3 N–H and O–H groups in total. The summed E-state index contributed by atoms with van der Waals surface area (Å²) in [6.45, 7) is 4.85. The van der Waals surface area contributed by atoms with E-state index in [1.165, 1.54) is 334 Å². The highest BCUT2D eigenvalue weighted by Crippen LogP contribution is 2.43. The van der Waals surface area contributed by atoms with Gasteiger partial charge in [-0.3, -0.25) is 13.8 Å². The molecule has 3 unspecified atom stereocenters. The Bertz CT molecular complexity index is 1500. The number of allylic oxidation sites excluding steroid dienone is 5. The van der Waals surface area contributed by atoms with Gasteiger partial charge < -0.3 is 19.8 Å². The fourth-order valence-corrected chi connectivity index (χ4v) is 12.6. The van der Waals surface area contributed by atoms with Crippen LogP contribution >= 0.6 is 7.82 Å². The molecule has 86 heavy (non-hydrogen) atoms. The van der Waals surface area contributed by atoms with Gasteiger partial charge in [0.1, 0.15) is 13.2 Å². The van der Waals surface area contributed by atoms with Crippen LogP contribution in [0, 0.1) is 0 Å². The number of phosphoric acid groups is 1. The summed E-state index contributed by atoms with van der Waals surface area (Å²) in [5, 5.41) is 14.0. The van der Waals surface area contributed by atoms with Crippen molar-refractivity contribution >= 4 is 13.7 Å². The highest BCUT2D eigenvalue weighted by molar-refractivity contribution is 7.47. The highest BCUT2D eigenvalue weighted by atomic mass is 31.2. The van der Waals surface area contributed by atoms with Crippen LogP contribution in [0.15, 0.2) is 36.5 Å². The van der Waals surface area contributed by atoms with Crippen molar-refractivity contribution in [2.45, 2.75) is 411 Å². The molecule has 510 valence electrons. The van der Waals surface area contributed by atoms with Gasteiger partial charge in [-0.15, -0.1) is 0 Å². The van der Waals surface area contributed by atoms with Crippen molar-refractivity contribution in [3.63, 3.8) is 0 Å². The number of aliphatic hydroxyl groups is 1. The average molecular weight is 1230 g/mol. The molecule has 3 atom stereocenters. The monoisotopic (exact) mass is 1230 g/mol. The first-order chi connectivity index (χ1) is 42.0. The third kappa shape index (κ3) is 70.2. The SMILES string of the molecule is CCCCCCCCCCCCCCC/C=C/CC/C=C/CC/C=C/C(O)C(COP(=O)(O)OCC[N+](C)(C)C)NC(=O)CCCCCCCCCCCCCCCCCCCCCCCCCCCCCCCCCCCCCCCCCCC. The molecule has 0 aliphatic heterocycles. The topological polar surface area (TPSA) is 105 Å². The molecule has 0 bridgehead atoms. The van der Waals surface area contributed by atoms with E-state index >= 15 is 0 Å². The molecule has 0 aromatic heterocycles. The second-order valence-corrected chi connectivity index (χ2v) is 29.2. The van der Waals surface area contributed by atoms with E-state index in [1.54, 1.807) is 6.08 Å². The first-order valence-corrected chi connectivity index (χ1v) is 39.9. The molecule has 1 amide bonds. The van der Waals surface area contributed by atoms with Crippen LogP contribution in [-0.4, -0.2) is 73.4 Å². The van der Waals surface area contributed by atoms with Gasteiger partial charge in [0.25, 0.3) is 0 Å². The summed E-state index contributed by atoms with van der Waals surface area (Å²) in [6.07, 6.45) is 92.1. The summed E-state index contributed by atoms with van der Waals surface area (Å²) in [4.78, 5) is 23.4. The van der Waals surface area contributed by atoms with Crippen LogP contribution in [0.2, 0.25) is 0 Å². The summed E-state index contributed by atoms with van der Waals surface area (Å²) in [5.41, 5.74) is 0. The number of aliphatic hydroxyl groups excluding tert-OH is 1. The van der Waals surface area contributed by atoms with E-state index in [0.717, 1.165) is 44.9 Å². The number of quaternary nitrogens is 1. The summed E-state index contributed by atoms with van der Waals surface area (Å²) in [7, 11) is 1.56. The van der Waals surface area contributed by atoms with E-state index in [4.69, 9.17) is 9.05 Å². The first-order valence-electron chi connectivity index (χ1n) is 38.4. The minimum absolute atomic E-state index is 0.0554. The van der Waals surface area contributed by atoms with Crippen LogP contribution in [0.25, 0.3) is 0 Å². The number of nitrogens with one attached hydrogen (secondary N) is 1. The van der Waals surface area contributed by atoms with Crippen LogP contribution in [-0.2, 0) is 18.4 Å². The Labute approximate surface area is 537 Å². The zero-order chi connectivity index (χ0) is 62.6. The number of carbonyl (C=O) groups is 1. The summed E-state index contributed by atoms with van der Waals surface area (Å²) in [6, 6.07) is -0.870. The largest absolute Gasteiger partial charge is 0.472 e. The number of carbonyl (C=O) groups excluding carboxylic acids is 1. The predicted octanol–water partition coefficient (Wildman–Crippen LogP) is 24.8. The van der Waals surface area contributed by atoms with Crippen molar-refractivity contribution in [1.82, 2.24) is 5.32 Å². The van der Waals surface area contributed by atoms with Gasteiger partial charge in [0, 0.05) is 6.42 Å². The van der Waals surface area contributed by atoms with Gasteiger partial charge in [-0.25, -0.2) is 4.57 Å². The lowest BCUT2D eigenvalue weighted by Gasteiger charge is -2.25. The summed E-state index contributed by atoms with van der Waals surface area (Å²) >= 11 is 0. The van der Waals surface area contributed by atoms with Crippen molar-refractivity contribution < 1.29 is 32.9 Å². The Morgan fingerprint density at radius 2 is 0.640 bits per heavy atom. The molecule has 0 spiro atoms. The van der Waals surface area contributed by atoms with Crippen molar-refractivity contribution in [2.75, 3.05) is 40.9 Å². The lowest BCUT2D eigenvalue weighted by molar-refractivity contribution is -0.870. The Morgan fingerprint density at radius 1 is 0.384 bits per heavy atom. The number of hydrogen-bond donors (Lipinski definition) is 3. The number of amides is 1. The highest BCUT2D eigenvalue weighted by Gasteiger charge is 2.28.